The molecule has 0 aliphatic heterocycles. The van der Waals surface area contributed by atoms with Crippen molar-refractivity contribution in [1.29, 1.82) is 0 Å². The summed E-state index contributed by atoms with van der Waals surface area (Å²) >= 11 is 12.5. The standard InChI is InChI=1S/C20H25Cl2FN2O2/c1-20(8-2-3-9-20)18(16-15(23)7-6-14(21)17(16)22)25-19(27)12-4-5-13(10-12)24-11-26/h6-7,11-13,18H,2-5,8-10H2,1H3,(H,24,26)(H,25,27). The Labute approximate surface area is 169 Å². The summed E-state index contributed by atoms with van der Waals surface area (Å²) in [6.07, 6.45) is 6.60. The van der Waals surface area contributed by atoms with Gasteiger partial charge in [-0.15, -0.1) is 0 Å². The summed E-state index contributed by atoms with van der Waals surface area (Å²) in [4.78, 5) is 23.6. The van der Waals surface area contributed by atoms with Crippen molar-refractivity contribution in [3.05, 3.63) is 33.6 Å². The number of hydrogen-bond donors (Lipinski definition) is 2. The summed E-state index contributed by atoms with van der Waals surface area (Å²) in [5.41, 5.74) is 0.00614. The van der Waals surface area contributed by atoms with Gasteiger partial charge in [0, 0.05) is 17.5 Å². The molecule has 3 atom stereocenters. The summed E-state index contributed by atoms with van der Waals surface area (Å²) < 4.78 is 14.8. The SMILES string of the molecule is CC1(C(NC(=O)C2CCC(NC=O)C2)c2c(F)ccc(Cl)c2Cl)CCCC1. The molecule has 0 spiro atoms. The van der Waals surface area contributed by atoms with Crippen LogP contribution in [0.1, 0.15) is 63.5 Å². The van der Waals surface area contributed by atoms with Gasteiger partial charge in [-0.3, -0.25) is 9.59 Å². The number of halogens is 3. The highest BCUT2D eigenvalue weighted by atomic mass is 35.5. The molecule has 0 radical (unpaired) electrons. The normalized spacial score (nSPS) is 25.2. The number of nitrogens with one attached hydrogen (secondary N) is 2. The summed E-state index contributed by atoms with van der Waals surface area (Å²) in [5.74, 6) is -0.760. The van der Waals surface area contributed by atoms with Crippen LogP contribution in [0, 0.1) is 17.2 Å². The molecule has 3 rings (SSSR count). The van der Waals surface area contributed by atoms with E-state index >= 15 is 0 Å². The first-order valence-corrected chi connectivity index (χ1v) is 10.2. The van der Waals surface area contributed by atoms with Crippen LogP contribution in [0.2, 0.25) is 10.0 Å². The van der Waals surface area contributed by atoms with Gasteiger partial charge in [0.25, 0.3) is 0 Å². The monoisotopic (exact) mass is 414 g/mol. The fraction of sp³-hybridized carbons (Fsp3) is 0.600. The Hall–Kier alpha value is -1.33. The number of carbonyl (C=O) groups is 2. The zero-order valence-corrected chi connectivity index (χ0v) is 16.9. The molecule has 3 unspecified atom stereocenters. The number of hydrogen-bond acceptors (Lipinski definition) is 2. The van der Waals surface area contributed by atoms with Crippen LogP contribution in [0.15, 0.2) is 12.1 Å². The summed E-state index contributed by atoms with van der Waals surface area (Å²) in [5, 5.41) is 6.29. The maximum atomic E-state index is 14.8. The predicted molar refractivity (Wildman–Crippen MR) is 104 cm³/mol. The Kier molecular flexibility index (Phi) is 6.32. The molecular formula is C20H25Cl2FN2O2. The fourth-order valence-corrected chi connectivity index (χ4v) is 5.03. The molecule has 27 heavy (non-hydrogen) atoms. The Bertz CT molecular complexity index is 722. The van der Waals surface area contributed by atoms with E-state index in [1.54, 1.807) is 0 Å². The van der Waals surface area contributed by atoms with Gasteiger partial charge in [-0.05, 0) is 49.7 Å². The van der Waals surface area contributed by atoms with Gasteiger partial charge in [-0.2, -0.15) is 0 Å². The van der Waals surface area contributed by atoms with Crippen molar-refractivity contribution in [3.63, 3.8) is 0 Å². The minimum absolute atomic E-state index is 0.0188. The molecule has 1 aromatic rings. The van der Waals surface area contributed by atoms with E-state index in [1.807, 2.05) is 0 Å². The van der Waals surface area contributed by atoms with Crippen LogP contribution >= 0.6 is 23.2 Å². The maximum Gasteiger partial charge on any atom is 0.223 e. The lowest BCUT2D eigenvalue weighted by Gasteiger charge is -2.36. The van der Waals surface area contributed by atoms with Gasteiger partial charge in [0.05, 0.1) is 16.1 Å². The van der Waals surface area contributed by atoms with Crippen molar-refractivity contribution in [2.24, 2.45) is 11.3 Å². The fourth-order valence-electron chi connectivity index (χ4n) is 4.60. The molecule has 148 valence electrons. The minimum Gasteiger partial charge on any atom is -0.356 e. The average Bonchev–Trinajstić information content (AvgIpc) is 3.28. The second-order valence-corrected chi connectivity index (χ2v) is 8.84. The molecule has 2 aliphatic rings. The largest absolute Gasteiger partial charge is 0.356 e. The maximum absolute atomic E-state index is 14.8. The highest BCUT2D eigenvalue weighted by Crippen LogP contribution is 2.50. The zero-order valence-electron chi connectivity index (χ0n) is 15.4. The third-order valence-corrected chi connectivity index (χ3v) is 7.02. The predicted octanol–water partition coefficient (Wildman–Crippen LogP) is 4.78. The quantitative estimate of drug-likeness (QED) is 0.519. The van der Waals surface area contributed by atoms with E-state index in [1.165, 1.54) is 12.1 Å². The van der Waals surface area contributed by atoms with E-state index in [4.69, 9.17) is 23.2 Å². The van der Waals surface area contributed by atoms with Crippen LogP contribution in [0.5, 0.6) is 0 Å². The lowest BCUT2D eigenvalue weighted by atomic mass is 9.76. The Morgan fingerprint density at radius 3 is 2.67 bits per heavy atom. The number of rotatable bonds is 6. The van der Waals surface area contributed by atoms with Gasteiger partial charge in [0.1, 0.15) is 5.82 Å². The first-order valence-electron chi connectivity index (χ1n) is 9.49. The number of carbonyl (C=O) groups excluding carboxylic acids is 2. The molecule has 2 fully saturated rings. The van der Waals surface area contributed by atoms with E-state index < -0.39 is 11.9 Å². The van der Waals surface area contributed by atoms with Gasteiger partial charge in [-0.1, -0.05) is 43.0 Å². The molecular weight excluding hydrogens is 390 g/mol. The third kappa shape index (κ3) is 4.24. The van der Waals surface area contributed by atoms with E-state index in [9.17, 15) is 14.0 Å². The van der Waals surface area contributed by atoms with Crippen molar-refractivity contribution >= 4 is 35.5 Å². The number of benzene rings is 1. The smallest absolute Gasteiger partial charge is 0.223 e. The second-order valence-electron chi connectivity index (χ2n) is 8.05. The van der Waals surface area contributed by atoms with Gasteiger partial charge in [0.15, 0.2) is 0 Å². The van der Waals surface area contributed by atoms with Crippen molar-refractivity contribution in [3.8, 4) is 0 Å². The summed E-state index contributed by atoms with van der Waals surface area (Å²) in [6.45, 7) is 2.08. The first-order chi connectivity index (χ1) is 12.9. The Balaban J connectivity index is 1.87. The highest BCUT2D eigenvalue weighted by molar-refractivity contribution is 6.42. The lowest BCUT2D eigenvalue weighted by molar-refractivity contribution is -0.126. The van der Waals surface area contributed by atoms with Crippen molar-refractivity contribution in [2.45, 2.75) is 64.0 Å². The highest BCUT2D eigenvalue weighted by Gasteiger charge is 2.42. The molecule has 7 heteroatoms. The first kappa shape index (κ1) is 20.4. The van der Waals surface area contributed by atoms with Gasteiger partial charge in [0.2, 0.25) is 12.3 Å². The average molecular weight is 415 g/mol. The summed E-state index contributed by atoms with van der Waals surface area (Å²) in [6, 6.07) is 2.23. The molecule has 0 saturated heterocycles. The topological polar surface area (TPSA) is 58.2 Å². The van der Waals surface area contributed by atoms with Crippen molar-refractivity contribution in [1.82, 2.24) is 10.6 Å². The van der Waals surface area contributed by atoms with Crippen LogP contribution in [0.4, 0.5) is 4.39 Å². The van der Waals surface area contributed by atoms with Crippen LogP contribution < -0.4 is 10.6 Å². The molecule has 2 aliphatic carbocycles. The van der Waals surface area contributed by atoms with E-state index in [0.717, 1.165) is 32.1 Å². The molecule has 0 aromatic heterocycles. The minimum atomic E-state index is -0.531. The molecule has 1 aromatic carbocycles. The number of amides is 2. The third-order valence-electron chi connectivity index (χ3n) is 6.20. The van der Waals surface area contributed by atoms with Crippen molar-refractivity contribution < 1.29 is 14.0 Å². The van der Waals surface area contributed by atoms with Crippen LogP contribution in [-0.4, -0.2) is 18.4 Å². The Morgan fingerprint density at radius 2 is 2.00 bits per heavy atom. The van der Waals surface area contributed by atoms with E-state index in [-0.39, 0.29) is 38.9 Å². The summed E-state index contributed by atoms with van der Waals surface area (Å²) in [7, 11) is 0. The van der Waals surface area contributed by atoms with Crippen molar-refractivity contribution in [2.75, 3.05) is 0 Å². The second kappa shape index (κ2) is 8.36. The molecule has 0 heterocycles. The molecule has 2 amide bonds. The van der Waals surface area contributed by atoms with Gasteiger partial charge >= 0.3 is 0 Å². The molecule has 2 N–H and O–H groups in total. The van der Waals surface area contributed by atoms with Gasteiger partial charge < -0.3 is 10.6 Å². The Morgan fingerprint density at radius 1 is 1.30 bits per heavy atom. The van der Waals surface area contributed by atoms with Gasteiger partial charge in [-0.25, -0.2) is 4.39 Å². The lowest BCUT2D eigenvalue weighted by Crippen LogP contribution is -2.41. The zero-order chi connectivity index (χ0) is 19.6. The molecule has 4 nitrogen and oxygen atoms in total. The molecule has 0 bridgehead atoms. The van der Waals surface area contributed by atoms with Crippen LogP contribution in [-0.2, 0) is 9.59 Å². The van der Waals surface area contributed by atoms with Crippen LogP contribution in [0.25, 0.3) is 0 Å². The van der Waals surface area contributed by atoms with E-state index in [2.05, 4.69) is 17.6 Å². The van der Waals surface area contributed by atoms with E-state index in [0.29, 0.717) is 19.3 Å². The van der Waals surface area contributed by atoms with Crippen LogP contribution in [0.3, 0.4) is 0 Å². The molecule has 2 saturated carbocycles.